The van der Waals surface area contributed by atoms with E-state index in [1.54, 1.807) is 36.3 Å². The SMILES string of the molecule is COc1ccc(N2Cc3nn(CC(=O)N4CCN(c5ccc(Cl)cc5)CC4)c(=O)n3C2=O)cc1. The van der Waals surface area contributed by atoms with Gasteiger partial charge in [0.25, 0.3) is 0 Å². The number of rotatable bonds is 5. The molecule has 0 saturated carbocycles. The van der Waals surface area contributed by atoms with Gasteiger partial charge in [-0.2, -0.15) is 9.67 Å². The number of hydrogen-bond acceptors (Lipinski definition) is 6. The van der Waals surface area contributed by atoms with E-state index >= 15 is 0 Å². The Morgan fingerprint density at radius 2 is 1.62 bits per heavy atom. The maximum absolute atomic E-state index is 12.9. The molecule has 0 N–H and O–H groups in total. The Morgan fingerprint density at radius 1 is 0.971 bits per heavy atom. The number of fused-ring (bicyclic) bond motifs is 1. The first-order chi connectivity index (χ1) is 16.4. The van der Waals surface area contributed by atoms with E-state index in [2.05, 4.69) is 10.00 Å². The van der Waals surface area contributed by atoms with Crippen molar-refractivity contribution in [2.24, 2.45) is 0 Å². The first kappa shape index (κ1) is 22.0. The van der Waals surface area contributed by atoms with Gasteiger partial charge in [0.1, 0.15) is 12.3 Å². The van der Waals surface area contributed by atoms with Gasteiger partial charge in [0, 0.05) is 42.6 Å². The molecule has 5 rings (SSSR count). The number of amides is 2. The van der Waals surface area contributed by atoms with Crippen molar-refractivity contribution < 1.29 is 14.3 Å². The molecule has 1 saturated heterocycles. The van der Waals surface area contributed by atoms with Gasteiger partial charge >= 0.3 is 11.7 Å². The molecule has 3 heterocycles. The van der Waals surface area contributed by atoms with Gasteiger partial charge in [0.2, 0.25) is 5.91 Å². The van der Waals surface area contributed by atoms with Crippen molar-refractivity contribution in [3.63, 3.8) is 0 Å². The van der Waals surface area contributed by atoms with E-state index in [1.807, 2.05) is 24.3 Å². The number of anilines is 2. The lowest BCUT2D eigenvalue weighted by Crippen LogP contribution is -2.50. The predicted octanol–water partition coefficient (Wildman–Crippen LogP) is 2.04. The van der Waals surface area contributed by atoms with Crippen LogP contribution in [0.15, 0.2) is 53.3 Å². The molecule has 2 aliphatic heterocycles. The minimum Gasteiger partial charge on any atom is -0.497 e. The minimum absolute atomic E-state index is 0.154. The van der Waals surface area contributed by atoms with Crippen molar-refractivity contribution >= 4 is 34.9 Å². The van der Waals surface area contributed by atoms with Crippen LogP contribution < -0.4 is 20.2 Å². The maximum atomic E-state index is 12.9. The minimum atomic E-state index is -0.607. The average molecular weight is 483 g/mol. The summed E-state index contributed by atoms with van der Waals surface area (Å²) < 4.78 is 7.24. The lowest BCUT2D eigenvalue weighted by atomic mass is 10.2. The normalized spacial score (nSPS) is 15.6. The Bertz CT molecular complexity index is 1280. The number of benzene rings is 2. The van der Waals surface area contributed by atoms with Gasteiger partial charge in [-0.3, -0.25) is 9.69 Å². The Morgan fingerprint density at radius 3 is 2.24 bits per heavy atom. The molecular formula is C23H23ClN6O4. The molecule has 0 radical (unpaired) electrons. The monoisotopic (exact) mass is 482 g/mol. The fourth-order valence-corrected chi connectivity index (χ4v) is 4.36. The maximum Gasteiger partial charge on any atom is 0.354 e. The van der Waals surface area contributed by atoms with E-state index in [9.17, 15) is 14.4 Å². The van der Waals surface area contributed by atoms with Gasteiger partial charge in [0.05, 0.1) is 13.7 Å². The topological polar surface area (TPSA) is 92.9 Å². The third-order valence-electron chi connectivity index (χ3n) is 6.12. The van der Waals surface area contributed by atoms with Crippen LogP contribution in [0.2, 0.25) is 5.02 Å². The molecule has 0 unspecified atom stereocenters. The van der Waals surface area contributed by atoms with E-state index < -0.39 is 11.7 Å². The molecule has 3 aromatic rings. The molecule has 0 atom stereocenters. The van der Waals surface area contributed by atoms with Crippen LogP contribution in [0.1, 0.15) is 5.82 Å². The third-order valence-corrected chi connectivity index (χ3v) is 6.37. The number of methoxy groups -OCH3 is 1. The zero-order valence-electron chi connectivity index (χ0n) is 18.6. The number of piperazine rings is 1. The molecule has 34 heavy (non-hydrogen) atoms. The Labute approximate surface area is 200 Å². The van der Waals surface area contributed by atoms with Crippen molar-refractivity contribution in [1.29, 1.82) is 0 Å². The van der Waals surface area contributed by atoms with Gasteiger partial charge in [-0.05, 0) is 48.5 Å². The average Bonchev–Trinajstić information content (AvgIpc) is 3.35. The summed E-state index contributed by atoms with van der Waals surface area (Å²) in [5.74, 6) is 0.781. The van der Waals surface area contributed by atoms with Gasteiger partial charge in [-0.1, -0.05) is 11.6 Å². The van der Waals surface area contributed by atoms with Gasteiger partial charge in [-0.15, -0.1) is 0 Å². The highest BCUT2D eigenvalue weighted by molar-refractivity contribution is 6.30. The fourth-order valence-electron chi connectivity index (χ4n) is 4.24. The molecule has 0 aliphatic carbocycles. The summed E-state index contributed by atoms with van der Waals surface area (Å²) in [7, 11) is 1.56. The zero-order valence-corrected chi connectivity index (χ0v) is 19.3. The third kappa shape index (κ3) is 4.01. The molecule has 2 aromatic carbocycles. The van der Waals surface area contributed by atoms with Crippen molar-refractivity contribution in [3.05, 3.63) is 69.9 Å². The molecule has 1 aromatic heterocycles. The highest BCUT2D eigenvalue weighted by Gasteiger charge is 2.34. The van der Waals surface area contributed by atoms with Crippen molar-refractivity contribution in [2.45, 2.75) is 13.1 Å². The van der Waals surface area contributed by atoms with E-state index in [0.717, 1.165) is 14.9 Å². The van der Waals surface area contributed by atoms with Gasteiger partial charge < -0.3 is 14.5 Å². The smallest absolute Gasteiger partial charge is 0.354 e. The summed E-state index contributed by atoms with van der Waals surface area (Å²) in [6.45, 7) is 2.38. The second-order valence-electron chi connectivity index (χ2n) is 8.10. The number of hydrogen-bond donors (Lipinski definition) is 0. The summed E-state index contributed by atoms with van der Waals surface area (Å²) in [5, 5.41) is 4.95. The molecular weight excluding hydrogens is 460 g/mol. The van der Waals surface area contributed by atoms with Crippen LogP contribution in [0.25, 0.3) is 0 Å². The molecule has 0 bridgehead atoms. The molecule has 11 heteroatoms. The second kappa shape index (κ2) is 8.86. The summed E-state index contributed by atoms with van der Waals surface area (Å²) in [6, 6.07) is 14.1. The first-order valence-electron chi connectivity index (χ1n) is 10.9. The van der Waals surface area contributed by atoms with Crippen LogP contribution in [0, 0.1) is 0 Å². The molecule has 176 valence electrons. The van der Waals surface area contributed by atoms with Crippen molar-refractivity contribution in [3.8, 4) is 5.75 Å². The summed E-state index contributed by atoms with van der Waals surface area (Å²) in [6.07, 6.45) is 0. The van der Waals surface area contributed by atoms with Gasteiger partial charge in [0.15, 0.2) is 5.82 Å². The number of ether oxygens (including phenoxy) is 1. The standard InChI is InChI=1S/C23H23ClN6O4/c1-34-19-8-6-18(7-9-19)28-14-20-25-29(23(33)30(20)22(28)32)15-21(31)27-12-10-26(11-13-27)17-4-2-16(24)3-5-17/h2-9H,10-15H2,1H3. The Kier molecular flexibility index (Phi) is 5.74. The number of halogens is 1. The molecule has 2 aliphatic rings. The predicted molar refractivity (Wildman–Crippen MR) is 127 cm³/mol. The molecule has 10 nitrogen and oxygen atoms in total. The Hall–Kier alpha value is -3.79. The lowest BCUT2D eigenvalue weighted by molar-refractivity contribution is -0.132. The van der Waals surface area contributed by atoms with Crippen molar-refractivity contribution in [1.82, 2.24) is 19.2 Å². The summed E-state index contributed by atoms with van der Waals surface area (Å²) >= 11 is 5.96. The quantitative estimate of drug-likeness (QED) is 0.552. The first-order valence-corrected chi connectivity index (χ1v) is 11.3. The number of nitrogens with zero attached hydrogens (tertiary/aromatic N) is 6. The highest BCUT2D eigenvalue weighted by atomic mass is 35.5. The molecule has 0 spiro atoms. The van der Waals surface area contributed by atoms with Crippen LogP contribution in [-0.4, -0.2) is 64.5 Å². The van der Waals surface area contributed by atoms with Gasteiger partial charge in [-0.25, -0.2) is 14.3 Å². The summed E-state index contributed by atoms with van der Waals surface area (Å²) in [5.41, 5.74) is 1.08. The van der Waals surface area contributed by atoms with Crippen LogP contribution in [0.3, 0.4) is 0 Å². The summed E-state index contributed by atoms with van der Waals surface area (Å²) in [4.78, 5) is 43.9. The largest absolute Gasteiger partial charge is 0.497 e. The van der Waals surface area contributed by atoms with E-state index in [0.29, 0.717) is 48.5 Å². The number of carbonyl (C=O) groups excluding carboxylic acids is 2. The second-order valence-corrected chi connectivity index (χ2v) is 8.54. The van der Waals surface area contributed by atoms with Crippen LogP contribution in [0.4, 0.5) is 16.2 Å². The molecule has 2 amide bonds. The van der Waals surface area contributed by atoms with Crippen LogP contribution >= 0.6 is 11.6 Å². The van der Waals surface area contributed by atoms with Crippen molar-refractivity contribution in [2.75, 3.05) is 43.1 Å². The highest BCUT2D eigenvalue weighted by Crippen LogP contribution is 2.25. The van der Waals surface area contributed by atoms with E-state index in [-0.39, 0.29) is 19.0 Å². The van der Waals surface area contributed by atoms with E-state index in [1.165, 1.54) is 4.90 Å². The fraction of sp³-hybridized carbons (Fsp3) is 0.304. The Balaban J connectivity index is 1.23. The molecule has 1 fully saturated rings. The van der Waals surface area contributed by atoms with E-state index in [4.69, 9.17) is 16.3 Å². The van der Waals surface area contributed by atoms with Crippen LogP contribution in [-0.2, 0) is 17.9 Å². The number of carbonyl (C=O) groups is 2. The lowest BCUT2D eigenvalue weighted by Gasteiger charge is -2.36. The number of aromatic nitrogens is 3. The zero-order chi connectivity index (χ0) is 23.8. The van der Waals surface area contributed by atoms with Crippen LogP contribution in [0.5, 0.6) is 5.75 Å².